The number of rotatable bonds is 1. The van der Waals surface area contributed by atoms with Crippen molar-refractivity contribution in [1.29, 1.82) is 0 Å². The van der Waals surface area contributed by atoms with Crippen molar-refractivity contribution >= 4 is 0 Å². The fraction of sp³-hybridized carbons (Fsp3) is 0.625. The Morgan fingerprint density at radius 1 is 1.45 bits per heavy atom. The van der Waals surface area contributed by atoms with E-state index in [9.17, 15) is 0 Å². The predicted octanol–water partition coefficient (Wildman–Crippen LogP) is 1.06. The van der Waals surface area contributed by atoms with E-state index >= 15 is 0 Å². The van der Waals surface area contributed by atoms with Gasteiger partial charge in [0.1, 0.15) is 5.82 Å². The van der Waals surface area contributed by atoms with Gasteiger partial charge in [-0.1, -0.05) is 0 Å². The zero-order valence-corrected chi connectivity index (χ0v) is 7.55. The van der Waals surface area contributed by atoms with E-state index in [1.54, 1.807) is 0 Å². The lowest BCUT2D eigenvalue weighted by Gasteiger charge is -2.05. The van der Waals surface area contributed by atoms with Gasteiger partial charge in [-0.2, -0.15) is 0 Å². The van der Waals surface area contributed by atoms with Gasteiger partial charge in [-0.3, -0.25) is 0 Å². The van der Waals surface area contributed by atoms with Crippen LogP contribution in [0.2, 0.25) is 0 Å². The first kappa shape index (κ1) is 8.27. The van der Waals surface area contributed by atoms with Gasteiger partial charge in [0.15, 0.2) is 0 Å². The Kier molecular flexibility index (Phi) is 2.00. The van der Waals surface area contributed by atoms with Crippen LogP contribution in [0.3, 0.4) is 0 Å². The lowest BCUT2D eigenvalue weighted by Crippen LogP contribution is -2.11. The number of hydrogen-bond acceptors (Lipinski definition) is 2. The standard InChI is InChI=1S/C8H15N3/c1-5(9)8-10-6(2)7(3)11(8)4/h5H,9H2,1-4H3. The Morgan fingerprint density at radius 3 is 2.18 bits per heavy atom. The van der Waals surface area contributed by atoms with Crippen molar-refractivity contribution in [2.45, 2.75) is 26.8 Å². The van der Waals surface area contributed by atoms with Gasteiger partial charge in [-0.15, -0.1) is 0 Å². The molecule has 1 unspecified atom stereocenters. The highest BCUT2D eigenvalue weighted by molar-refractivity contribution is 5.15. The van der Waals surface area contributed by atoms with Crippen molar-refractivity contribution < 1.29 is 0 Å². The van der Waals surface area contributed by atoms with E-state index < -0.39 is 0 Å². The third-order valence-corrected chi connectivity index (χ3v) is 2.06. The molecule has 0 radical (unpaired) electrons. The third-order valence-electron chi connectivity index (χ3n) is 2.06. The molecule has 3 nitrogen and oxygen atoms in total. The summed E-state index contributed by atoms with van der Waals surface area (Å²) in [5, 5.41) is 0. The Balaban J connectivity index is 3.19. The first-order chi connectivity index (χ1) is 5.04. The monoisotopic (exact) mass is 153 g/mol. The molecule has 1 rings (SSSR count). The minimum Gasteiger partial charge on any atom is -0.334 e. The van der Waals surface area contributed by atoms with Gasteiger partial charge in [-0.25, -0.2) is 4.98 Å². The summed E-state index contributed by atoms with van der Waals surface area (Å²) in [6.07, 6.45) is 0. The highest BCUT2D eigenvalue weighted by Crippen LogP contribution is 2.12. The molecule has 0 aromatic carbocycles. The van der Waals surface area contributed by atoms with Gasteiger partial charge in [0.2, 0.25) is 0 Å². The van der Waals surface area contributed by atoms with Crippen LogP contribution in [0.1, 0.15) is 30.2 Å². The average molecular weight is 153 g/mol. The number of nitrogens with zero attached hydrogens (tertiary/aromatic N) is 2. The number of aromatic nitrogens is 2. The maximum absolute atomic E-state index is 5.71. The van der Waals surface area contributed by atoms with E-state index in [1.165, 1.54) is 5.69 Å². The summed E-state index contributed by atoms with van der Waals surface area (Å²) in [7, 11) is 1.99. The third kappa shape index (κ3) is 1.28. The Bertz CT molecular complexity index is 261. The molecule has 62 valence electrons. The van der Waals surface area contributed by atoms with Crippen molar-refractivity contribution in [2.75, 3.05) is 0 Å². The summed E-state index contributed by atoms with van der Waals surface area (Å²) in [6, 6.07) is 0.0207. The van der Waals surface area contributed by atoms with E-state index in [4.69, 9.17) is 5.73 Å². The SMILES string of the molecule is Cc1nc(C(C)N)n(C)c1C. The van der Waals surface area contributed by atoms with E-state index in [0.29, 0.717) is 0 Å². The predicted molar refractivity (Wildman–Crippen MR) is 45.3 cm³/mol. The molecule has 11 heavy (non-hydrogen) atoms. The van der Waals surface area contributed by atoms with Crippen LogP contribution in [0.25, 0.3) is 0 Å². The smallest absolute Gasteiger partial charge is 0.125 e. The van der Waals surface area contributed by atoms with Crippen molar-refractivity contribution in [3.8, 4) is 0 Å². The van der Waals surface area contributed by atoms with Gasteiger partial charge in [0.05, 0.1) is 11.7 Å². The lowest BCUT2D eigenvalue weighted by molar-refractivity contribution is 0.678. The second kappa shape index (κ2) is 2.66. The second-order valence-corrected chi connectivity index (χ2v) is 2.99. The lowest BCUT2D eigenvalue weighted by atomic mass is 10.3. The van der Waals surface area contributed by atoms with Gasteiger partial charge in [0, 0.05) is 12.7 Å². The van der Waals surface area contributed by atoms with E-state index in [-0.39, 0.29) is 6.04 Å². The van der Waals surface area contributed by atoms with Crippen molar-refractivity contribution in [3.05, 3.63) is 17.2 Å². The Morgan fingerprint density at radius 2 is 2.00 bits per heavy atom. The molecule has 0 bridgehead atoms. The van der Waals surface area contributed by atoms with Crippen LogP contribution >= 0.6 is 0 Å². The number of nitrogens with two attached hydrogens (primary N) is 1. The Hall–Kier alpha value is -0.830. The molecule has 0 aliphatic heterocycles. The fourth-order valence-electron chi connectivity index (χ4n) is 1.15. The van der Waals surface area contributed by atoms with E-state index in [1.807, 2.05) is 32.4 Å². The molecular formula is C8H15N3. The minimum atomic E-state index is 0.0207. The highest BCUT2D eigenvalue weighted by atomic mass is 15.1. The molecule has 1 aromatic rings. The first-order valence-corrected chi connectivity index (χ1v) is 3.79. The molecular weight excluding hydrogens is 138 g/mol. The van der Waals surface area contributed by atoms with Gasteiger partial charge >= 0.3 is 0 Å². The number of aryl methyl sites for hydroxylation is 1. The minimum absolute atomic E-state index is 0.0207. The van der Waals surface area contributed by atoms with Gasteiger partial charge in [-0.05, 0) is 20.8 Å². The molecule has 0 saturated heterocycles. The number of hydrogen-bond donors (Lipinski definition) is 1. The molecule has 0 spiro atoms. The topological polar surface area (TPSA) is 43.8 Å². The molecule has 2 N–H and O–H groups in total. The van der Waals surface area contributed by atoms with Crippen molar-refractivity contribution in [1.82, 2.24) is 9.55 Å². The zero-order chi connectivity index (χ0) is 8.59. The molecule has 0 aliphatic carbocycles. The summed E-state index contributed by atoms with van der Waals surface area (Å²) in [4.78, 5) is 4.35. The largest absolute Gasteiger partial charge is 0.334 e. The molecule has 0 amide bonds. The maximum atomic E-state index is 5.71. The summed E-state index contributed by atoms with van der Waals surface area (Å²) in [5.74, 6) is 0.958. The van der Waals surface area contributed by atoms with E-state index in [2.05, 4.69) is 4.98 Å². The summed E-state index contributed by atoms with van der Waals surface area (Å²) in [6.45, 7) is 6.00. The van der Waals surface area contributed by atoms with Crippen LogP contribution in [0.15, 0.2) is 0 Å². The maximum Gasteiger partial charge on any atom is 0.125 e. The average Bonchev–Trinajstić information content (AvgIpc) is 2.17. The van der Waals surface area contributed by atoms with Gasteiger partial charge < -0.3 is 10.3 Å². The van der Waals surface area contributed by atoms with Crippen LogP contribution in [-0.2, 0) is 7.05 Å². The zero-order valence-electron chi connectivity index (χ0n) is 7.55. The normalized spacial score (nSPS) is 13.5. The van der Waals surface area contributed by atoms with Crippen LogP contribution in [0.4, 0.5) is 0 Å². The van der Waals surface area contributed by atoms with Crippen LogP contribution in [-0.4, -0.2) is 9.55 Å². The van der Waals surface area contributed by atoms with E-state index in [0.717, 1.165) is 11.5 Å². The first-order valence-electron chi connectivity index (χ1n) is 3.79. The number of imidazole rings is 1. The molecule has 0 saturated carbocycles. The summed E-state index contributed by atoms with van der Waals surface area (Å²) >= 11 is 0. The quantitative estimate of drug-likeness (QED) is 0.655. The fourth-order valence-corrected chi connectivity index (χ4v) is 1.15. The Labute approximate surface area is 67.2 Å². The summed E-state index contributed by atoms with van der Waals surface area (Å²) in [5.41, 5.74) is 7.97. The highest BCUT2D eigenvalue weighted by Gasteiger charge is 2.09. The molecule has 1 aromatic heterocycles. The molecule has 0 aliphatic rings. The van der Waals surface area contributed by atoms with Crippen LogP contribution < -0.4 is 5.73 Å². The van der Waals surface area contributed by atoms with Crippen LogP contribution in [0, 0.1) is 13.8 Å². The van der Waals surface area contributed by atoms with Crippen molar-refractivity contribution in [2.24, 2.45) is 12.8 Å². The molecule has 0 fully saturated rings. The second-order valence-electron chi connectivity index (χ2n) is 2.99. The molecule has 3 heteroatoms. The summed E-state index contributed by atoms with van der Waals surface area (Å²) < 4.78 is 2.04. The molecule has 1 atom stereocenters. The van der Waals surface area contributed by atoms with Crippen LogP contribution in [0.5, 0.6) is 0 Å². The molecule has 1 heterocycles. The van der Waals surface area contributed by atoms with Gasteiger partial charge in [0.25, 0.3) is 0 Å². The van der Waals surface area contributed by atoms with Crippen molar-refractivity contribution in [3.63, 3.8) is 0 Å².